The van der Waals surface area contributed by atoms with Gasteiger partial charge in [-0.2, -0.15) is 5.26 Å². The molecule has 0 aliphatic carbocycles. The Labute approximate surface area is 181 Å². The number of nitrogens with zero attached hydrogens (tertiary/aromatic N) is 1. The number of hydrogen-bond acceptors (Lipinski definition) is 3. The maximum Gasteiger partial charge on any atom is 0.228 e. The average molecular weight is 450 g/mol. The van der Waals surface area contributed by atoms with Crippen molar-refractivity contribution in [2.75, 3.05) is 5.32 Å². The van der Waals surface area contributed by atoms with Crippen LogP contribution in [0.4, 0.5) is 10.1 Å². The van der Waals surface area contributed by atoms with Gasteiger partial charge in [-0.1, -0.05) is 59.1 Å². The summed E-state index contributed by atoms with van der Waals surface area (Å²) in [5.74, 6) is -1.52. The fourth-order valence-corrected chi connectivity index (χ4v) is 3.12. The summed E-state index contributed by atoms with van der Waals surface area (Å²) in [6.45, 7) is 0. The van der Waals surface area contributed by atoms with Gasteiger partial charge in [-0.15, -0.1) is 0 Å². The molecule has 0 saturated carbocycles. The molecule has 0 bridgehead atoms. The highest BCUT2D eigenvalue weighted by molar-refractivity contribution is 6.33. The van der Waals surface area contributed by atoms with Crippen molar-refractivity contribution >= 4 is 46.4 Å². The Morgan fingerprint density at radius 2 is 1.72 bits per heavy atom. The van der Waals surface area contributed by atoms with Crippen LogP contribution in [-0.4, -0.2) is 5.91 Å². The van der Waals surface area contributed by atoms with E-state index in [1.54, 1.807) is 30.3 Å². The molecular formula is C21H12Cl3FN2O2. The third-order valence-corrected chi connectivity index (χ3v) is 4.87. The van der Waals surface area contributed by atoms with Gasteiger partial charge in [0.25, 0.3) is 0 Å². The van der Waals surface area contributed by atoms with E-state index in [0.29, 0.717) is 10.7 Å². The molecule has 1 amide bonds. The number of nitrogens with one attached hydrogen (secondary N) is 1. The van der Waals surface area contributed by atoms with Crippen molar-refractivity contribution in [3.63, 3.8) is 0 Å². The quantitative estimate of drug-likeness (QED) is 0.475. The Morgan fingerprint density at radius 3 is 2.45 bits per heavy atom. The van der Waals surface area contributed by atoms with Crippen LogP contribution in [0, 0.1) is 17.1 Å². The van der Waals surface area contributed by atoms with Crippen molar-refractivity contribution in [1.29, 1.82) is 5.26 Å². The van der Waals surface area contributed by atoms with Crippen LogP contribution in [0.15, 0.2) is 54.6 Å². The largest absolute Gasteiger partial charge is 0.451 e. The van der Waals surface area contributed by atoms with Gasteiger partial charge in [0.1, 0.15) is 17.4 Å². The van der Waals surface area contributed by atoms with Gasteiger partial charge >= 0.3 is 0 Å². The number of rotatable bonds is 5. The number of halogens is 4. The zero-order valence-corrected chi connectivity index (χ0v) is 16.9. The second-order valence-electron chi connectivity index (χ2n) is 5.88. The molecule has 0 fully saturated rings. The van der Waals surface area contributed by atoms with Crippen molar-refractivity contribution in [3.05, 3.63) is 86.6 Å². The summed E-state index contributed by atoms with van der Waals surface area (Å²) in [7, 11) is 0. The molecule has 3 aromatic carbocycles. The molecule has 0 saturated heterocycles. The Bertz CT molecular complexity index is 1130. The molecule has 4 nitrogen and oxygen atoms in total. The minimum absolute atomic E-state index is 0.0124. The molecule has 29 heavy (non-hydrogen) atoms. The van der Waals surface area contributed by atoms with E-state index < -0.39 is 11.7 Å². The van der Waals surface area contributed by atoms with Gasteiger partial charge in [0, 0.05) is 5.56 Å². The van der Waals surface area contributed by atoms with Gasteiger partial charge < -0.3 is 10.1 Å². The van der Waals surface area contributed by atoms with Crippen LogP contribution in [0.25, 0.3) is 0 Å². The summed E-state index contributed by atoms with van der Waals surface area (Å²) in [5, 5.41) is 12.4. The summed E-state index contributed by atoms with van der Waals surface area (Å²) < 4.78 is 20.5. The lowest BCUT2D eigenvalue weighted by Gasteiger charge is -2.13. The standard InChI is InChI=1S/C21H12Cl3FN2O2/c22-14-5-3-7-18(13(14)11-26)29-21-16(24)9-8-12(20(21)25)10-19(28)27-17-6-2-1-4-15(17)23/h1-9H,10H2,(H,27,28). The molecule has 3 rings (SSSR count). The highest BCUT2D eigenvalue weighted by Crippen LogP contribution is 2.37. The second kappa shape index (κ2) is 9.15. The SMILES string of the molecule is N#Cc1c(Cl)cccc1Oc1c(Cl)ccc(CC(=O)Nc2ccccc2Cl)c1F. The fraction of sp³-hybridized carbons (Fsp3) is 0.0476. The molecule has 0 atom stereocenters. The highest BCUT2D eigenvalue weighted by atomic mass is 35.5. The molecular weight excluding hydrogens is 438 g/mol. The summed E-state index contributed by atoms with van der Waals surface area (Å²) in [5.41, 5.74) is 0.531. The van der Waals surface area contributed by atoms with Crippen LogP contribution in [0.5, 0.6) is 11.5 Å². The van der Waals surface area contributed by atoms with Crippen LogP contribution in [0.2, 0.25) is 15.1 Å². The minimum atomic E-state index is -0.810. The van der Waals surface area contributed by atoms with E-state index in [2.05, 4.69) is 5.32 Å². The molecule has 0 spiro atoms. The van der Waals surface area contributed by atoms with E-state index in [1.807, 2.05) is 6.07 Å². The van der Waals surface area contributed by atoms with E-state index in [4.69, 9.17) is 39.5 Å². The van der Waals surface area contributed by atoms with Gasteiger partial charge in [-0.05, 0) is 30.3 Å². The average Bonchev–Trinajstić information content (AvgIpc) is 2.69. The molecule has 146 valence electrons. The number of anilines is 1. The molecule has 0 radical (unpaired) electrons. The smallest absolute Gasteiger partial charge is 0.228 e. The molecule has 0 unspecified atom stereocenters. The van der Waals surface area contributed by atoms with Crippen molar-refractivity contribution in [2.24, 2.45) is 0 Å². The number of para-hydroxylation sites is 1. The topological polar surface area (TPSA) is 62.1 Å². The summed E-state index contributed by atoms with van der Waals surface area (Å²) in [6, 6.07) is 16.0. The normalized spacial score (nSPS) is 10.3. The monoisotopic (exact) mass is 448 g/mol. The number of amides is 1. The van der Waals surface area contributed by atoms with E-state index in [0.717, 1.165) is 0 Å². The van der Waals surface area contributed by atoms with Crippen LogP contribution in [0.1, 0.15) is 11.1 Å². The number of hydrogen-bond donors (Lipinski definition) is 1. The van der Waals surface area contributed by atoms with Gasteiger partial charge in [-0.3, -0.25) is 4.79 Å². The van der Waals surface area contributed by atoms with E-state index in [1.165, 1.54) is 24.3 Å². The van der Waals surface area contributed by atoms with Crippen LogP contribution in [-0.2, 0) is 11.2 Å². The number of ether oxygens (including phenoxy) is 1. The second-order valence-corrected chi connectivity index (χ2v) is 7.10. The molecule has 0 heterocycles. The molecule has 8 heteroatoms. The third kappa shape index (κ3) is 4.80. The number of carbonyl (C=O) groups is 1. The summed E-state index contributed by atoms with van der Waals surface area (Å²) in [6.07, 6.45) is -0.273. The minimum Gasteiger partial charge on any atom is -0.451 e. The first-order valence-electron chi connectivity index (χ1n) is 8.28. The zero-order valence-electron chi connectivity index (χ0n) is 14.7. The number of nitriles is 1. The molecule has 0 aliphatic rings. The predicted octanol–water partition coefficient (Wildman–Crippen LogP) is 6.63. The highest BCUT2D eigenvalue weighted by Gasteiger charge is 2.19. The predicted molar refractivity (Wildman–Crippen MR) is 111 cm³/mol. The van der Waals surface area contributed by atoms with Crippen molar-refractivity contribution in [2.45, 2.75) is 6.42 Å². The molecule has 0 aliphatic heterocycles. The first-order valence-corrected chi connectivity index (χ1v) is 9.41. The van der Waals surface area contributed by atoms with Crippen LogP contribution < -0.4 is 10.1 Å². The Kier molecular flexibility index (Phi) is 6.60. The van der Waals surface area contributed by atoms with E-state index >= 15 is 4.39 Å². The van der Waals surface area contributed by atoms with Gasteiger partial charge in [0.2, 0.25) is 5.91 Å². The lowest BCUT2D eigenvalue weighted by Crippen LogP contribution is -2.15. The Morgan fingerprint density at radius 1 is 1.00 bits per heavy atom. The number of carbonyl (C=O) groups excluding carboxylic acids is 1. The zero-order chi connectivity index (χ0) is 21.0. The molecule has 1 N–H and O–H groups in total. The van der Waals surface area contributed by atoms with Crippen LogP contribution in [0.3, 0.4) is 0 Å². The van der Waals surface area contributed by atoms with Crippen molar-refractivity contribution < 1.29 is 13.9 Å². The van der Waals surface area contributed by atoms with Crippen molar-refractivity contribution in [3.8, 4) is 17.6 Å². The Balaban J connectivity index is 1.86. The lowest BCUT2D eigenvalue weighted by atomic mass is 10.1. The molecule has 3 aromatic rings. The molecule has 0 aromatic heterocycles. The summed E-state index contributed by atoms with van der Waals surface area (Å²) in [4.78, 5) is 12.3. The first-order chi connectivity index (χ1) is 13.9. The van der Waals surface area contributed by atoms with Gasteiger partial charge in [0.15, 0.2) is 11.6 Å². The lowest BCUT2D eigenvalue weighted by molar-refractivity contribution is -0.115. The van der Waals surface area contributed by atoms with Gasteiger partial charge in [0.05, 0.1) is 27.2 Å². The van der Waals surface area contributed by atoms with E-state index in [9.17, 15) is 10.1 Å². The summed E-state index contributed by atoms with van der Waals surface area (Å²) >= 11 is 18.1. The van der Waals surface area contributed by atoms with Gasteiger partial charge in [-0.25, -0.2) is 4.39 Å². The maximum atomic E-state index is 15.0. The first kappa shape index (κ1) is 20.9. The van der Waals surface area contributed by atoms with E-state index in [-0.39, 0.29) is 39.1 Å². The van der Waals surface area contributed by atoms with Crippen molar-refractivity contribution in [1.82, 2.24) is 0 Å². The third-order valence-electron chi connectivity index (χ3n) is 3.93. The Hall–Kier alpha value is -2.78. The number of benzene rings is 3. The maximum absolute atomic E-state index is 15.0. The fourth-order valence-electron chi connectivity index (χ4n) is 2.54. The van der Waals surface area contributed by atoms with Crippen LogP contribution >= 0.6 is 34.8 Å².